The summed E-state index contributed by atoms with van der Waals surface area (Å²) in [7, 11) is 1.43. The molecule has 106 valence electrons. The Hall–Kier alpha value is -1.87. The van der Waals surface area contributed by atoms with Crippen molar-refractivity contribution in [2.45, 2.75) is 19.9 Å². The second-order valence-corrected chi connectivity index (χ2v) is 4.83. The SMILES string of the molecule is CCN(CCC(=O)OC)Cc1cccc2ccccc12. The Labute approximate surface area is 120 Å². The number of ether oxygens (including phenoxy) is 1. The van der Waals surface area contributed by atoms with E-state index in [1.807, 2.05) is 0 Å². The van der Waals surface area contributed by atoms with E-state index in [9.17, 15) is 4.79 Å². The van der Waals surface area contributed by atoms with Gasteiger partial charge in [-0.05, 0) is 22.9 Å². The van der Waals surface area contributed by atoms with E-state index in [1.54, 1.807) is 0 Å². The van der Waals surface area contributed by atoms with Gasteiger partial charge in [-0.15, -0.1) is 0 Å². The second-order valence-electron chi connectivity index (χ2n) is 4.83. The van der Waals surface area contributed by atoms with Crippen molar-refractivity contribution in [2.75, 3.05) is 20.2 Å². The van der Waals surface area contributed by atoms with Crippen molar-refractivity contribution in [1.29, 1.82) is 0 Å². The van der Waals surface area contributed by atoms with Crippen LogP contribution in [0.2, 0.25) is 0 Å². The molecule has 0 aliphatic carbocycles. The molecule has 0 radical (unpaired) electrons. The third-order valence-electron chi connectivity index (χ3n) is 3.58. The van der Waals surface area contributed by atoms with E-state index in [1.165, 1.54) is 23.4 Å². The van der Waals surface area contributed by atoms with Gasteiger partial charge >= 0.3 is 5.97 Å². The van der Waals surface area contributed by atoms with Crippen LogP contribution < -0.4 is 0 Å². The number of benzene rings is 2. The van der Waals surface area contributed by atoms with Gasteiger partial charge in [0.2, 0.25) is 0 Å². The van der Waals surface area contributed by atoms with E-state index in [4.69, 9.17) is 4.74 Å². The van der Waals surface area contributed by atoms with Crippen molar-refractivity contribution in [3.8, 4) is 0 Å². The lowest BCUT2D eigenvalue weighted by Crippen LogP contribution is -2.26. The van der Waals surface area contributed by atoms with E-state index in [0.717, 1.165) is 19.6 Å². The fraction of sp³-hybridized carbons (Fsp3) is 0.353. The molecule has 2 aromatic rings. The van der Waals surface area contributed by atoms with E-state index in [-0.39, 0.29) is 5.97 Å². The first kappa shape index (κ1) is 14.5. The third kappa shape index (κ3) is 3.58. The van der Waals surface area contributed by atoms with Gasteiger partial charge in [0.25, 0.3) is 0 Å². The molecule has 2 rings (SSSR count). The van der Waals surface area contributed by atoms with Crippen molar-refractivity contribution in [3.63, 3.8) is 0 Å². The largest absolute Gasteiger partial charge is 0.469 e. The van der Waals surface area contributed by atoms with Crippen LogP contribution in [0.15, 0.2) is 42.5 Å². The van der Waals surface area contributed by atoms with Crippen LogP contribution in [0.4, 0.5) is 0 Å². The quantitative estimate of drug-likeness (QED) is 0.755. The molecule has 0 aromatic heterocycles. The minimum Gasteiger partial charge on any atom is -0.469 e. The lowest BCUT2D eigenvalue weighted by atomic mass is 10.0. The molecule has 0 aliphatic heterocycles. The molecule has 0 aliphatic rings. The minimum absolute atomic E-state index is 0.152. The summed E-state index contributed by atoms with van der Waals surface area (Å²) in [5, 5.41) is 2.54. The maximum atomic E-state index is 11.2. The molecule has 2 aromatic carbocycles. The summed E-state index contributed by atoms with van der Waals surface area (Å²) >= 11 is 0. The number of nitrogens with zero attached hydrogens (tertiary/aromatic N) is 1. The summed E-state index contributed by atoms with van der Waals surface area (Å²) in [6, 6.07) is 14.8. The Balaban J connectivity index is 2.11. The number of hydrogen-bond acceptors (Lipinski definition) is 3. The third-order valence-corrected chi connectivity index (χ3v) is 3.58. The van der Waals surface area contributed by atoms with Crippen LogP contribution in [0.1, 0.15) is 18.9 Å². The molecule has 3 nitrogen and oxygen atoms in total. The molecule has 0 bridgehead atoms. The maximum Gasteiger partial charge on any atom is 0.306 e. The normalized spacial score (nSPS) is 10.9. The van der Waals surface area contributed by atoms with Crippen LogP contribution in [0.3, 0.4) is 0 Å². The molecule has 3 heteroatoms. The molecule has 0 unspecified atom stereocenters. The molecule has 0 N–H and O–H groups in total. The average Bonchev–Trinajstić information content (AvgIpc) is 2.51. The highest BCUT2D eigenvalue weighted by molar-refractivity contribution is 5.85. The van der Waals surface area contributed by atoms with Crippen molar-refractivity contribution < 1.29 is 9.53 Å². The first-order chi connectivity index (χ1) is 9.74. The van der Waals surface area contributed by atoms with Gasteiger partial charge in [0.1, 0.15) is 0 Å². The molecular formula is C17H21NO2. The van der Waals surface area contributed by atoms with Crippen LogP contribution in [-0.4, -0.2) is 31.1 Å². The number of methoxy groups -OCH3 is 1. The van der Waals surface area contributed by atoms with Crippen LogP contribution in [0.25, 0.3) is 10.8 Å². The zero-order valence-corrected chi connectivity index (χ0v) is 12.1. The highest BCUT2D eigenvalue weighted by atomic mass is 16.5. The standard InChI is InChI=1S/C17H21NO2/c1-3-18(12-11-17(19)20-2)13-15-9-6-8-14-7-4-5-10-16(14)15/h4-10H,3,11-13H2,1-2H3. The smallest absolute Gasteiger partial charge is 0.306 e. The van der Waals surface area contributed by atoms with Gasteiger partial charge in [0, 0.05) is 13.1 Å². The number of esters is 1. The Kier molecular flexibility index (Phi) is 5.13. The number of rotatable bonds is 6. The minimum atomic E-state index is -0.152. The molecular weight excluding hydrogens is 250 g/mol. The molecule has 0 fully saturated rings. The predicted molar refractivity (Wildman–Crippen MR) is 81.5 cm³/mol. The summed E-state index contributed by atoms with van der Waals surface area (Å²) in [6.07, 6.45) is 0.440. The first-order valence-corrected chi connectivity index (χ1v) is 7.00. The summed E-state index contributed by atoms with van der Waals surface area (Å²) in [5.74, 6) is -0.152. The fourth-order valence-electron chi connectivity index (χ4n) is 2.37. The van der Waals surface area contributed by atoms with E-state index < -0.39 is 0 Å². The zero-order chi connectivity index (χ0) is 14.4. The monoisotopic (exact) mass is 271 g/mol. The average molecular weight is 271 g/mol. The predicted octanol–water partition coefficient (Wildman–Crippen LogP) is 3.22. The second kappa shape index (κ2) is 7.06. The number of fused-ring (bicyclic) bond motifs is 1. The number of carbonyl (C=O) groups excluding carboxylic acids is 1. The molecule has 20 heavy (non-hydrogen) atoms. The van der Waals surface area contributed by atoms with Gasteiger partial charge in [0.15, 0.2) is 0 Å². The topological polar surface area (TPSA) is 29.5 Å². The summed E-state index contributed by atoms with van der Waals surface area (Å²) < 4.78 is 4.70. The maximum absolute atomic E-state index is 11.2. The van der Waals surface area contributed by atoms with Crippen LogP contribution in [0, 0.1) is 0 Å². The van der Waals surface area contributed by atoms with Gasteiger partial charge in [-0.2, -0.15) is 0 Å². The lowest BCUT2D eigenvalue weighted by Gasteiger charge is -2.20. The summed E-state index contributed by atoms with van der Waals surface area (Å²) in [6.45, 7) is 4.61. The molecule has 0 amide bonds. The summed E-state index contributed by atoms with van der Waals surface area (Å²) in [5.41, 5.74) is 1.30. The highest BCUT2D eigenvalue weighted by Gasteiger charge is 2.09. The molecule has 0 spiro atoms. The van der Waals surface area contributed by atoms with Crippen LogP contribution in [-0.2, 0) is 16.1 Å². The Morgan fingerprint density at radius 3 is 2.65 bits per heavy atom. The lowest BCUT2D eigenvalue weighted by molar-refractivity contribution is -0.141. The summed E-state index contributed by atoms with van der Waals surface area (Å²) in [4.78, 5) is 13.5. The number of hydrogen-bond donors (Lipinski definition) is 0. The molecule has 0 heterocycles. The van der Waals surface area contributed by atoms with Gasteiger partial charge in [0.05, 0.1) is 13.5 Å². The van der Waals surface area contributed by atoms with Gasteiger partial charge in [-0.1, -0.05) is 49.4 Å². The highest BCUT2D eigenvalue weighted by Crippen LogP contribution is 2.20. The van der Waals surface area contributed by atoms with E-state index in [0.29, 0.717) is 6.42 Å². The van der Waals surface area contributed by atoms with Crippen molar-refractivity contribution >= 4 is 16.7 Å². The zero-order valence-electron chi connectivity index (χ0n) is 12.1. The fourth-order valence-corrected chi connectivity index (χ4v) is 2.37. The van der Waals surface area contributed by atoms with E-state index >= 15 is 0 Å². The molecule has 0 saturated carbocycles. The number of carbonyl (C=O) groups is 1. The Morgan fingerprint density at radius 2 is 1.90 bits per heavy atom. The van der Waals surface area contributed by atoms with Crippen molar-refractivity contribution in [1.82, 2.24) is 4.90 Å². The van der Waals surface area contributed by atoms with Gasteiger partial charge in [-0.25, -0.2) is 0 Å². The molecule has 0 atom stereocenters. The molecule has 0 saturated heterocycles. The van der Waals surface area contributed by atoms with Gasteiger partial charge in [-0.3, -0.25) is 9.69 Å². The Morgan fingerprint density at radius 1 is 1.15 bits per heavy atom. The van der Waals surface area contributed by atoms with Crippen LogP contribution >= 0.6 is 0 Å². The first-order valence-electron chi connectivity index (χ1n) is 7.00. The Bertz CT molecular complexity index is 575. The van der Waals surface area contributed by atoms with Crippen molar-refractivity contribution in [3.05, 3.63) is 48.0 Å². The van der Waals surface area contributed by atoms with Crippen LogP contribution in [0.5, 0.6) is 0 Å². The van der Waals surface area contributed by atoms with E-state index in [2.05, 4.69) is 54.3 Å². The van der Waals surface area contributed by atoms with Gasteiger partial charge < -0.3 is 4.74 Å². The van der Waals surface area contributed by atoms with Crippen molar-refractivity contribution in [2.24, 2.45) is 0 Å².